The van der Waals surface area contributed by atoms with Crippen LogP contribution in [0.1, 0.15) is 23.1 Å². The summed E-state index contributed by atoms with van der Waals surface area (Å²) in [6, 6.07) is 18.1. The summed E-state index contributed by atoms with van der Waals surface area (Å²) in [7, 11) is 0. The molecule has 2 heterocycles. The molecule has 0 spiro atoms. The number of aryl methyl sites for hydroxylation is 3. The first kappa shape index (κ1) is 21.3. The van der Waals surface area contributed by atoms with Crippen LogP contribution >= 0.6 is 23.1 Å². The lowest BCUT2D eigenvalue weighted by Gasteiger charge is -2.13. The molecule has 1 amide bonds. The Balaban J connectivity index is 1.63. The summed E-state index contributed by atoms with van der Waals surface area (Å²) < 4.78 is 2.00. The van der Waals surface area contributed by atoms with Gasteiger partial charge in [-0.15, -0.1) is 21.5 Å². The quantitative estimate of drug-likeness (QED) is 0.397. The maximum absolute atomic E-state index is 12.8. The average molecular weight is 450 g/mol. The Morgan fingerprint density at radius 3 is 2.39 bits per heavy atom. The Morgan fingerprint density at radius 2 is 1.74 bits per heavy atom. The fraction of sp³-hybridized carbons (Fsp3) is 0.217. The van der Waals surface area contributed by atoms with E-state index in [0.717, 1.165) is 27.6 Å². The number of rotatable bonds is 6. The first-order chi connectivity index (χ1) is 14.9. The number of carbonyl (C=O) groups excluding carboxylic acids is 1. The number of nitrogens with zero attached hydrogens (tertiary/aromatic N) is 4. The van der Waals surface area contributed by atoms with E-state index in [4.69, 9.17) is 0 Å². The molecule has 0 fully saturated rings. The van der Waals surface area contributed by atoms with Gasteiger partial charge in [0.15, 0.2) is 16.1 Å². The standard InChI is InChI=1S/C23H23N5OS2/c1-14-10-12-18(13-11-14)20-26-27-23(28(20)19-8-6-5-7-9-19)31-17(4)21(29)25-22-24-15(2)16(3)30-22/h5-13,17H,1-4H3,(H,24,25,29). The SMILES string of the molecule is Cc1ccc(-c2nnc(SC(C)C(=O)Nc3nc(C)c(C)s3)n2-c2ccccc2)cc1. The van der Waals surface area contributed by atoms with E-state index >= 15 is 0 Å². The van der Waals surface area contributed by atoms with Crippen LogP contribution in [-0.4, -0.2) is 30.9 Å². The van der Waals surface area contributed by atoms with Gasteiger partial charge in [0.2, 0.25) is 5.91 Å². The lowest BCUT2D eigenvalue weighted by Crippen LogP contribution is -2.22. The van der Waals surface area contributed by atoms with E-state index in [9.17, 15) is 4.79 Å². The summed E-state index contributed by atoms with van der Waals surface area (Å²) in [4.78, 5) is 18.3. The van der Waals surface area contributed by atoms with Gasteiger partial charge in [-0.05, 0) is 39.8 Å². The number of benzene rings is 2. The van der Waals surface area contributed by atoms with E-state index in [1.165, 1.54) is 28.7 Å². The summed E-state index contributed by atoms with van der Waals surface area (Å²) in [5, 5.41) is 12.7. The Kier molecular flexibility index (Phi) is 6.20. The Hall–Kier alpha value is -2.97. The van der Waals surface area contributed by atoms with Crippen molar-refractivity contribution in [3.05, 3.63) is 70.7 Å². The Bertz CT molecular complexity index is 1180. The first-order valence-corrected chi connectivity index (χ1v) is 11.6. The number of hydrogen-bond donors (Lipinski definition) is 1. The van der Waals surface area contributed by atoms with Gasteiger partial charge in [-0.3, -0.25) is 9.36 Å². The molecule has 1 unspecified atom stereocenters. The van der Waals surface area contributed by atoms with E-state index in [0.29, 0.717) is 10.3 Å². The zero-order valence-electron chi connectivity index (χ0n) is 17.8. The van der Waals surface area contributed by atoms with Crippen molar-refractivity contribution in [2.45, 2.75) is 38.1 Å². The molecule has 6 nitrogen and oxygen atoms in total. The van der Waals surface area contributed by atoms with Crippen LogP contribution in [0.3, 0.4) is 0 Å². The molecule has 4 aromatic rings. The minimum Gasteiger partial charge on any atom is -0.301 e. The monoisotopic (exact) mass is 449 g/mol. The van der Waals surface area contributed by atoms with Gasteiger partial charge in [-0.2, -0.15) is 0 Å². The minimum absolute atomic E-state index is 0.113. The molecule has 2 aromatic carbocycles. The maximum Gasteiger partial charge on any atom is 0.239 e. The third-order valence-electron chi connectivity index (χ3n) is 4.87. The zero-order valence-corrected chi connectivity index (χ0v) is 19.4. The smallest absolute Gasteiger partial charge is 0.239 e. The van der Waals surface area contributed by atoms with E-state index in [-0.39, 0.29) is 11.2 Å². The average Bonchev–Trinajstić information content (AvgIpc) is 3.31. The van der Waals surface area contributed by atoms with Crippen LogP contribution in [0.15, 0.2) is 59.8 Å². The van der Waals surface area contributed by atoms with Crippen molar-refractivity contribution < 1.29 is 4.79 Å². The van der Waals surface area contributed by atoms with Gasteiger partial charge in [0.05, 0.1) is 10.9 Å². The molecular formula is C23H23N5OS2. The fourth-order valence-electron chi connectivity index (χ4n) is 2.99. The fourth-order valence-corrected chi connectivity index (χ4v) is 4.68. The number of thioether (sulfide) groups is 1. The van der Waals surface area contributed by atoms with Crippen LogP contribution in [-0.2, 0) is 4.79 Å². The molecule has 0 aliphatic heterocycles. The highest BCUT2D eigenvalue weighted by Gasteiger charge is 2.22. The summed E-state index contributed by atoms with van der Waals surface area (Å²) in [6.45, 7) is 7.85. The number of anilines is 1. The highest BCUT2D eigenvalue weighted by Crippen LogP contribution is 2.31. The van der Waals surface area contributed by atoms with E-state index in [2.05, 4.69) is 39.6 Å². The van der Waals surface area contributed by atoms with E-state index in [1.807, 2.05) is 67.8 Å². The van der Waals surface area contributed by atoms with Crippen LogP contribution in [0.5, 0.6) is 0 Å². The van der Waals surface area contributed by atoms with Crippen LogP contribution in [0.2, 0.25) is 0 Å². The maximum atomic E-state index is 12.8. The highest BCUT2D eigenvalue weighted by atomic mass is 32.2. The first-order valence-electron chi connectivity index (χ1n) is 9.92. The van der Waals surface area contributed by atoms with Crippen LogP contribution in [0, 0.1) is 20.8 Å². The number of nitrogens with one attached hydrogen (secondary N) is 1. The van der Waals surface area contributed by atoms with Crippen LogP contribution in [0.4, 0.5) is 5.13 Å². The summed E-state index contributed by atoms with van der Waals surface area (Å²) in [5.74, 6) is 0.630. The van der Waals surface area contributed by atoms with Gasteiger partial charge < -0.3 is 5.32 Å². The Labute approximate surface area is 189 Å². The van der Waals surface area contributed by atoms with Crippen molar-refractivity contribution in [1.29, 1.82) is 0 Å². The van der Waals surface area contributed by atoms with Crippen molar-refractivity contribution in [3.8, 4) is 17.1 Å². The van der Waals surface area contributed by atoms with Gasteiger partial charge in [0.25, 0.3) is 0 Å². The number of aromatic nitrogens is 4. The number of amides is 1. The lowest BCUT2D eigenvalue weighted by atomic mass is 10.1. The zero-order chi connectivity index (χ0) is 22.0. The van der Waals surface area contributed by atoms with E-state index < -0.39 is 0 Å². The summed E-state index contributed by atoms with van der Waals surface area (Å²) in [5.41, 5.74) is 4.04. The molecule has 0 radical (unpaired) electrons. The number of carbonyl (C=O) groups is 1. The molecule has 158 valence electrons. The Morgan fingerprint density at radius 1 is 1.03 bits per heavy atom. The molecule has 0 aliphatic rings. The minimum atomic E-state index is -0.373. The second kappa shape index (κ2) is 9.03. The van der Waals surface area contributed by atoms with Crippen LogP contribution in [0.25, 0.3) is 17.1 Å². The van der Waals surface area contributed by atoms with Crippen molar-refractivity contribution in [3.63, 3.8) is 0 Å². The third kappa shape index (κ3) is 4.70. The van der Waals surface area contributed by atoms with Gasteiger partial charge in [-0.1, -0.05) is 59.8 Å². The molecule has 0 saturated heterocycles. The largest absolute Gasteiger partial charge is 0.301 e. The van der Waals surface area contributed by atoms with Gasteiger partial charge >= 0.3 is 0 Å². The van der Waals surface area contributed by atoms with Crippen molar-refractivity contribution in [2.75, 3.05) is 5.32 Å². The number of hydrogen-bond acceptors (Lipinski definition) is 6. The van der Waals surface area contributed by atoms with Crippen molar-refractivity contribution in [1.82, 2.24) is 19.7 Å². The molecule has 1 N–H and O–H groups in total. The molecule has 0 saturated carbocycles. The second-order valence-electron chi connectivity index (χ2n) is 7.25. The van der Waals surface area contributed by atoms with Gasteiger partial charge in [0.1, 0.15) is 0 Å². The molecule has 8 heteroatoms. The molecule has 31 heavy (non-hydrogen) atoms. The van der Waals surface area contributed by atoms with Gasteiger partial charge in [-0.25, -0.2) is 4.98 Å². The lowest BCUT2D eigenvalue weighted by molar-refractivity contribution is -0.115. The molecular weight excluding hydrogens is 426 g/mol. The molecule has 0 aliphatic carbocycles. The summed E-state index contributed by atoms with van der Waals surface area (Å²) in [6.07, 6.45) is 0. The number of para-hydroxylation sites is 1. The predicted octanol–water partition coefficient (Wildman–Crippen LogP) is 5.44. The molecule has 0 bridgehead atoms. The third-order valence-corrected chi connectivity index (χ3v) is 6.90. The topological polar surface area (TPSA) is 72.7 Å². The highest BCUT2D eigenvalue weighted by molar-refractivity contribution is 8.00. The van der Waals surface area contributed by atoms with Gasteiger partial charge in [0, 0.05) is 16.1 Å². The van der Waals surface area contributed by atoms with E-state index in [1.54, 1.807) is 0 Å². The molecule has 2 aromatic heterocycles. The van der Waals surface area contributed by atoms with Crippen LogP contribution < -0.4 is 5.32 Å². The van der Waals surface area contributed by atoms with Crippen molar-refractivity contribution in [2.24, 2.45) is 0 Å². The molecule has 1 atom stereocenters. The second-order valence-corrected chi connectivity index (χ2v) is 9.76. The molecule has 4 rings (SSSR count). The predicted molar refractivity (Wildman–Crippen MR) is 127 cm³/mol. The number of thiazole rings is 1. The van der Waals surface area contributed by atoms with Crippen molar-refractivity contribution >= 4 is 34.1 Å². The normalized spacial score (nSPS) is 12.0. The summed E-state index contributed by atoms with van der Waals surface area (Å²) >= 11 is 2.86.